The van der Waals surface area contributed by atoms with Crippen LogP contribution in [-0.2, 0) is 6.54 Å². The van der Waals surface area contributed by atoms with Crippen molar-refractivity contribution >= 4 is 11.6 Å². The number of hydrogen-bond donors (Lipinski definition) is 1. The molecule has 0 unspecified atom stereocenters. The van der Waals surface area contributed by atoms with E-state index >= 15 is 0 Å². The normalized spacial score (nSPS) is 11.1. The zero-order valence-electron chi connectivity index (χ0n) is 11.2. The fraction of sp³-hybridized carbons (Fsp3) is 0.357. The van der Waals surface area contributed by atoms with Crippen LogP contribution in [0, 0.1) is 24.5 Å². The number of aryl methyl sites for hydroxylation is 1. The maximum atomic E-state index is 13.8. The first-order valence-electron chi connectivity index (χ1n) is 6.21. The monoisotopic (exact) mass is 265 g/mol. The van der Waals surface area contributed by atoms with E-state index in [1.165, 1.54) is 13.0 Å². The maximum absolute atomic E-state index is 13.8. The van der Waals surface area contributed by atoms with E-state index in [1.54, 1.807) is 6.20 Å². The van der Waals surface area contributed by atoms with E-state index in [4.69, 9.17) is 0 Å². The molecule has 0 amide bonds. The highest BCUT2D eigenvalue weighted by Gasteiger charge is 2.10. The van der Waals surface area contributed by atoms with Crippen molar-refractivity contribution in [3.63, 3.8) is 0 Å². The van der Waals surface area contributed by atoms with Crippen LogP contribution < -0.4 is 5.32 Å². The second kappa shape index (κ2) is 5.38. The first-order chi connectivity index (χ1) is 8.97. The smallest absolute Gasteiger partial charge is 0.207 e. The van der Waals surface area contributed by atoms with Crippen LogP contribution in [0.15, 0.2) is 24.5 Å². The fourth-order valence-corrected chi connectivity index (χ4v) is 1.84. The number of halogens is 2. The molecule has 5 heteroatoms. The third kappa shape index (κ3) is 3.10. The molecule has 0 aliphatic heterocycles. The molecule has 0 radical (unpaired) electrons. The lowest BCUT2D eigenvalue weighted by molar-refractivity contribution is 0.527. The first-order valence-corrected chi connectivity index (χ1v) is 6.21. The van der Waals surface area contributed by atoms with E-state index < -0.39 is 11.6 Å². The van der Waals surface area contributed by atoms with Crippen LogP contribution in [0.25, 0.3) is 0 Å². The second-order valence-electron chi connectivity index (χ2n) is 5.00. The van der Waals surface area contributed by atoms with Crippen molar-refractivity contribution in [3.05, 3.63) is 41.7 Å². The Morgan fingerprint density at radius 1 is 1.26 bits per heavy atom. The van der Waals surface area contributed by atoms with Gasteiger partial charge in [0.25, 0.3) is 0 Å². The Morgan fingerprint density at radius 2 is 2.00 bits per heavy atom. The highest BCUT2D eigenvalue weighted by molar-refractivity contribution is 5.55. The van der Waals surface area contributed by atoms with Gasteiger partial charge in [-0.1, -0.05) is 13.8 Å². The molecule has 102 valence electrons. The van der Waals surface area contributed by atoms with E-state index in [0.717, 1.165) is 12.6 Å². The molecule has 19 heavy (non-hydrogen) atoms. The van der Waals surface area contributed by atoms with Crippen LogP contribution in [0.2, 0.25) is 0 Å². The number of nitrogens with one attached hydrogen (secondary N) is 1. The summed E-state index contributed by atoms with van der Waals surface area (Å²) in [5.41, 5.74) is 0.382. The standard InChI is InChI=1S/C14H17F2N3/c1-9(2)8-19-5-4-17-14(19)18-13-7-11(15)10(3)6-12(13)16/h4-7,9H,8H2,1-3H3,(H,17,18). The summed E-state index contributed by atoms with van der Waals surface area (Å²) < 4.78 is 29.1. The lowest BCUT2D eigenvalue weighted by Crippen LogP contribution is -2.08. The summed E-state index contributed by atoms with van der Waals surface area (Å²) in [4.78, 5) is 4.12. The highest BCUT2D eigenvalue weighted by atomic mass is 19.1. The minimum atomic E-state index is -0.488. The third-order valence-corrected chi connectivity index (χ3v) is 2.77. The zero-order chi connectivity index (χ0) is 14.0. The van der Waals surface area contributed by atoms with Gasteiger partial charge in [0.2, 0.25) is 5.95 Å². The maximum Gasteiger partial charge on any atom is 0.207 e. The van der Waals surface area contributed by atoms with E-state index in [9.17, 15) is 8.78 Å². The van der Waals surface area contributed by atoms with Crippen LogP contribution in [0.1, 0.15) is 19.4 Å². The Bertz CT molecular complexity index is 576. The molecule has 0 bridgehead atoms. The predicted molar refractivity (Wildman–Crippen MR) is 71.4 cm³/mol. The van der Waals surface area contributed by atoms with Crippen LogP contribution in [0.5, 0.6) is 0 Å². The summed E-state index contributed by atoms with van der Waals surface area (Å²) in [5, 5.41) is 2.83. The van der Waals surface area contributed by atoms with Gasteiger partial charge in [-0.05, 0) is 24.5 Å². The van der Waals surface area contributed by atoms with Gasteiger partial charge in [-0.3, -0.25) is 0 Å². The molecule has 2 rings (SSSR count). The van der Waals surface area contributed by atoms with Gasteiger partial charge >= 0.3 is 0 Å². The Labute approximate surface area is 111 Å². The van der Waals surface area contributed by atoms with Crippen molar-refractivity contribution < 1.29 is 8.78 Å². The van der Waals surface area contributed by atoms with Gasteiger partial charge in [-0.25, -0.2) is 13.8 Å². The Kier molecular flexibility index (Phi) is 3.83. The summed E-state index contributed by atoms with van der Waals surface area (Å²) in [6, 6.07) is 2.33. The number of anilines is 2. The van der Waals surface area contributed by atoms with E-state index in [-0.39, 0.29) is 11.3 Å². The number of imidazole rings is 1. The van der Waals surface area contributed by atoms with Crippen molar-refractivity contribution in [1.82, 2.24) is 9.55 Å². The molecule has 0 fully saturated rings. The number of aromatic nitrogens is 2. The highest BCUT2D eigenvalue weighted by Crippen LogP contribution is 2.22. The number of hydrogen-bond acceptors (Lipinski definition) is 2. The Hall–Kier alpha value is -1.91. The molecule has 2 aromatic rings. The first kappa shape index (κ1) is 13.5. The van der Waals surface area contributed by atoms with Gasteiger partial charge in [-0.2, -0.15) is 0 Å². The molecule has 0 spiro atoms. The molecule has 0 aliphatic rings. The number of benzene rings is 1. The lowest BCUT2D eigenvalue weighted by atomic mass is 10.2. The number of nitrogens with zero attached hydrogens (tertiary/aromatic N) is 2. The van der Waals surface area contributed by atoms with Crippen LogP contribution in [-0.4, -0.2) is 9.55 Å². The molecule has 1 N–H and O–H groups in total. The lowest BCUT2D eigenvalue weighted by Gasteiger charge is -2.12. The molecule has 0 atom stereocenters. The van der Waals surface area contributed by atoms with Crippen molar-refractivity contribution in [2.75, 3.05) is 5.32 Å². The zero-order valence-corrected chi connectivity index (χ0v) is 11.2. The summed E-state index contributed by atoms with van der Waals surface area (Å²) in [5.74, 6) is 0.0223. The third-order valence-electron chi connectivity index (χ3n) is 2.77. The quantitative estimate of drug-likeness (QED) is 0.909. The molecule has 1 heterocycles. The van der Waals surface area contributed by atoms with Crippen LogP contribution in [0.3, 0.4) is 0 Å². The predicted octanol–water partition coefficient (Wildman–Crippen LogP) is 3.87. The van der Waals surface area contributed by atoms with Gasteiger partial charge < -0.3 is 9.88 Å². The van der Waals surface area contributed by atoms with Gasteiger partial charge in [0, 0.05) is 25.0 Å². The summed E-state index contributed by atoms with van der Waals surface area (Å²) >= 11 is 0. The summed E-state index contributed by atoms with van der Waals surface area (Å²) in [6.07, 6.45) is 3.44. The molecule has 0 saturated heterocycles. The topological polar surface area (TPSA) is 29.9 Å². The second-order valence-corrected chi connectivity index (χ2v) is 5.00. The van der Waals surface area contributed by atoms with Crippen LogP contribution in [0.4, 0.5) is 20.4 Å². The minimum absolute atomic E-state index is 0.0966. The molecule has 1 aromatic carbocycles. The SMILES string of the molecule is Cc1cc(F)c(Nc2nccn2CC(C)C)cc1F. The average molecular weight is 265 g/mol. The van der Waals surface area contributed by atoms with Crippen LogP contribution >= 0.6 is 0 Å². The molecular weight excluding hydrogens is 248 g/mol. The van der Waals surface area contributed by atoms with Crippen molar-refractivity contribution in [3.8, 4) is 0 Å². The van der Waals surface area contributed by atoms with Gasteiger partial charge in [0.15, 0.2) is 0 Å². The fourth-order valence-electron chi connectivity index (χ4n) is 1.84. The largest absolute Gasteiger partial charge is 0.323 e. The van der Waals surface area contributed by atoms with E-state index in [2.05, 4.69) is 24.1 Å². The average Bonchev–Trinajstić information content (AvgIpc) is 2.72. The van der Waals surface area contributed by atoms with Gasteiger partial charge in [-0.15, -0.1) is 0 Å². The van der Waals surface area contributed by atoms with E-state index in [1.807, 2.05) is 10.8 Å². The van der Waals surface area contributed by atoms with Gasteiger partial charge in [0.05, 0.1) is 5.69 Å². The Morgan fingerprint density at radius 3 is 2.68 bits per heavy atom. The molecule has 3 nitrogen and oxygen atoms in total. The summed E-state index contributed by atoms with van der Waals surface area (Å²) in [6.45, 7) is 6.45. The summed E-state index contributed by atoms with van der Waals surface area (Å²) in [7, 11) is 0. The minimum Gasteiger partial charge on any atom is -0.323 e. The van der Waals surface area contributed by atoms with Crippen molar-refractivity contribution in [2.24, 2.45) is 5.92 Å². The molecular formula is C14H17F2N3. The molecule has 1 aromatic heterocycles. The van der Waals surface area contributed by atoms with Crippen molar-refractivity contribution in [2.45, 2.75) is 27.3 Å². The Balaban J connectivity index is 2.26. The molecule has 0 saturated carbocycles. The van der Waals surface area contributed by atoms with E-state index in [0.29, 0.717) is 11.9 Å². The molecule has 0 aliphatic carbocycles. The van der Waals surface area contributed by atoms with Gasteiger partial charge in [0.1, 0.15) is 11.6 Å². The number of rotatable bonds is 4. The van der Waals surface area contributed by atoms with Crippen molar-refractivity contribution in [1.29, 1.82) is 0 Å².